The van der Waals surface area contributed by atoms with Crippen molar-refractivity contribution in [2.24, 2.45) is 0 Å². The number of carboxylic acids is 1. The SMILES string of the molecule is [NH]N(CC(=O)O)C(=O)NCc1ccc(Oc2ccccc2)cc1. The number of nitrogens with zero attached hydrogens (tertiary/aromatic N) is 1. The molecule has 2 aromatic carbocycles. The summed E-state index contributed by atoms with van der Waals surface area (Å²) in [5.41, 5.74) is 0.808. The van der Waals surface area contributed by atoms with Gasteiger partial charge in [-0.2, -0.15) is 0 Å². The van der Waals surface area contributed by atoms with Gasteiger partial charge in [-0.3, -0.25) is 4.79 Å². The minimum Gasteiger partial charge on any atom is -0.480 e. The summed E-state index contributed by atoms with van der Waals surface area (Å²) in [6, 6.07) is 15.7. The molecule has 0 heterocycles. The molecule has 23 heavy (non-hydrogen) atoms. The minimum absolute atomic E-state index is 0.194. The van der Waals surface area contributed by atoms with Crippen molar-refractivity contribution >= 4 is 12.0 Å². The topological polar surface area (TPSA) is 103 Å². The second-order valence-electron chi connectivity index (χ2n) is 4.70. The van der Waals surface area contributed by atoms with Crippen LogP contribution in [0.15, 0.2) is 54.6 Å². The van der Waals surface area contributed by atoms with Gasteiger partial charge in [-0.25, -0.2) is 9.80 Å². The summed E-state index contributed by atoms with van der Waals surface area (Å²) in [5.74, 6) is 7.41. The first-order valence-electron chi connectivity index (χ1n) is 6.85. The Morgan fingerprint density at radius 2 is 1.65 bits per heavy atom. The molecule has 0 atom stereocenters. The fourth-order valence-corrected chi connectivity index (χ4v) is 1.78. The van der Waals surface area contributed by atoms with Crippen LogP contribution in [0, 0.1) is 0 Å². The zero-order valence-corrected chi connectivity index (χ0v) is 12.2. The summed E-state index contributed by atoms with van der Waals surface area (Å²) in [7, 11) is 0. The predicted molar refractivity (Wildman–Crippen MR) is 82.6 cm³/mol. The van der Waals surface area contributed by atoms with Gasteiger partial charge in [0.25, 0.3) is 0 Å². The summed E-state index contributed by atoms with van der Waals surface area (Å²) in [6.07, 6.45) is 0. The Morgan fingerprint density at radius 1 is 1.04 bits per heavy atom. The van der Waals surface area contributed by atoms with Crippen LogP contribution in [0.3, 0.4) is 0 Å². The Morgan fingerprint density at radius 3 is 2.26 bits per heavy atom. The van der Waals surface area contributed by atoms with Crippen molar-refractivity contribution in [3.8, 4) is 11.5 Å². The number of ether oxygens (including phenoxy) is 1. The van der Waals surface area contributed by atoms with Crippen LogP contribution in [0.4, 0.5) is 4.79 Å². The van der Waals surface area contributed by atoms with Crippen LogP contribution in [0.2, 0.25) is 0 Å². The number of amides is 2. The second-order valence-corrected chi connectivity index (χ2v) is 4.70. The number of nitrogens with one attached hydrogen (secondary N) is 2. The van der Waals surface area contributed by atoms with E-state index in [-0.39, 0.29) is 6.54 Å². The van der Waals surface area contributed by atoms with E-state index in [2.05, 4.69) is 5.32 Å². The third kappa shape index (κ3) is 5.33. The lowest BCUT2D eigenvalue weighted by molar-refractivity contribution is -0.137. The molecule has 7 heteroatoms. The Labute approximate surface area is 133 Å². The van der Waals surface area contributed by atoms with E-state index >= 15 is 0 Å². The highest BCUT2D eigenvalue weighted by Crippen LogP contribution is 2.20. The summed E-state index contributed by atoms with van der Waals surface area (Å²) < 4.78 is 5.65. The number of hydrogen-bond donors (Lipinski definition) is 2. The van der Waals surface area contributed by atoms with Gasteiger partial charge in [0, 0.05) is 6.54 Å². The molecule has 0 saturated carbocycles. The predicted octanol–water partition coefficient (Wildman–Crippen LogP) is 2.27. The zero-order chi connectivity index (χ0) is 16.7. The molecular weight excluding hydrogens is 298 g/mol. The molecule has 2 rings (SSSR count). The first kappa shape index (κ1) is 16.3. The van der Waals surface area contributed by atoms with E-state index in [4.69, 9.17) is 15.7 Å². The van der Waals surface area contributed by atoms with Crippen molar-refractivity contribution in [3.05, 3.63) is 60.2 Å². The number of urea groups is 1. The maximum absolute atomic E-state index is 11.5. The van der Waals surface area contributed by atoms with Crippen LogP contribution in [-0.2, 0) is 11.3 Å². The van der Waals surface area contributed by atoms with Gasteiger partial charge in [0.2, 0.25) is 0 Å². The third-order valence-corrected chi connectivity index (χ3v) is 2.88. The number of hydrogen-bond acceptors (Lipinski definition) is 3. The van der Waals surface area contributed by atoms with Gasteiger partial charge in [-0.15, -0.1) is 5.84 Å². The lowest BCUT2D eigenvalue weighted by atomic mass is 10.2. The number of rotatable bonds is 6. The molecule has 0 saturated heterocycles. The molecule has 2 aromatic rings. The molecule has 0 fully saturated rings. The number of carbonyl (C=O) groups is 2. The van der Waals surface area contributed by atoms with Gasteiger partial charge in [-0.1, -0.05) is 30.3 Å². The molecule has 7 nitrogen and oxygen atoms in total. The minimum atomic E-state index is -1.24. The van der Waals surface area contributed by atoms with Crippen LogP contribution in [0.5, 0.6) is 11.5 Å². The van der Waals surface area contributed by atoms with Gasteiger partial charge in [0.1, 0.15) is 18.0 Å². The Hall–Kier alpha value is -3.06. The van der Waals surface area contributed by atoms with E-state index in [1.165, 1.54) is 0 Å². The van der Waals surface area contributed by atoms with E-state index < -0.39 is 18.5 Å². The molecule has 0 spiro atoms. The summed E-state index contributed by atoms with van der Waals surface area (Å²) >= 11 is 0. The normalized spacial score (nSPS) is 9.96. The van der Waals surface area contributed by atoms with Crippen LogP contribution < -0.4 is 15.9 Å². The molecule has 3 N–H and O–H groups in total. The first-order valence-corrected chi connectivity index (χ1v) is 6.85. The first-order chi connectivity index (χ1) is 11.0. The molecular formula is C16H16N3O4. The van der Waals surface area contributed by atoms with E-state index in [1.807, 2.05) is 30.3 Å². The highest BCUT2D eigenvalue weighted by molar-refractivity contribution is 5.79. The van der Waals surface area contributed by atoms with Gasteiger partial charge in [0.05, 0.1) is 0 Å². The monoisotopic (exact) mass is 314 g/mol. The number of aliphatic carboxylic acids is 1. The number of carboxylic acid groups (broad SMARTS) is 1. The quantitative estimate of drug-likeness (QED) is 0.798. The van der Waals surface area contributed by atoms with Crippen molar-refractivity contribution in [1.82, 2.24) is 16.2 Å². The van der Waals surface area contributed by atoms with Crippen LogP contribution in [0.1, 0.15) is 5.56 Å². The molecule has 0 aliphatic rings. The Bertz CT molecular complexity index is 659. The maximum atomic E-state index is 11.5. The standard InChI is InChI=1S/C16H16N3O4/c17-19(11-15(20)21)16(22)18-10-12-6-8-14(9-7-12)23-13-4-2-1-3-5-13/h1-9,17H,10-11H2,(H,18,22)(H,20,21). The summed E-state index contributed by atoms with van der Waals surface area (Å²) in [4.78, 5) is 21.9. The van der Waals surface area contributed by atoms with Crippen LogP contribution in [0.25, 0.3) is 0 Å². The molecule has 1 radical (unpaired) electrons. The van der Waals surface area contributed by atoms with Crippen molar-refractivity contribution in [1.29, 1.82) is 0 Å². The number of para-hydroxylation sites is 1. The summed E-state index contributed by atoms with van der Waals surface area (Å²) in [6.45, 7) is -0.477. The second kappa shape index (κ2) is 7.81. The highest BCUT2D eigenvalue weighted by atomic mass is 16.5. The molecule has 0 unspecified atom stereocenters. The third-order valence-electron chi connectivity index (χ3n) is 2.88. The average molecular weight is 314 g/mol. The van der Waals surface area contributed by atoms with Gasteiger partial charge < -0.3 is 15.2 Å². The smallest absolute Gasteiger partial charge is 0.333 e. The van der Waals surface area contributed by atoms with Crippen molar-refractivity contribution in [2.75, 3.05) is 6.54 Å². The highest BCUT2D eigenvalue weighted by Gasteiger charge is 2.12. The largest absolute Gasteiger partial charge is 0.480 e. The lowest BCUT2D eigenvalue weighted by Gasteiger charge is -2.14. The van der Waals surface area contributed by atoms with Gasteiger partial charge in [0.15, 0.2) is 0 Å². The summed E-state index contributed by atoms with van der Waals surface area (Å²) in [5, 5.41) is 11.3. The molecule has 119 valence electrons. The van der Waals surface area contributed by atoms with Crippen molar-refractivity contribution in [2.45, 2.75) is 6.54 Å². The number of benzene rings is 2. The van der Waals surface area contributed by atoms with E-state index in [0.717, 1.165) is 11.3 Å². The van der Waals surface area contributed by atoms with E-state index in [1.54, 1.807) is 24.3 Å². The van der Waals surface area contributed by atoms with Crippen LogP contribution >= 0.6 is 0 Å². The fraction of sp³-hybridized carbons (Fsp3) is 0.125. The van der Waals surface area contributed by atoms with E-state index in [0.29, 0.717) is 10.8 Å². The zero-order valence-electron chi connectivity index (χ0n) is 12.2. The molecule has 0 bridgehead atoms. The molecule has 0 aromatic heterocycles. The molecule has 0 aliphatic carbocycles. The van der Waals surface area contributed by atoms with Crippen LogP contribution in [-0.4, -0.2) is 28.7 Å². The van der Waals surface area contributed by atoms with Crippen molar-refractivity contribution in [3.63, 3.8) is 0 Å². The Balaban J connectivity index is 1.85. The van der Waals surface area contributed by atoms with Gasteiger partial charge >= 0.3 is 12.0 Å². The number of carbonyl (C=O) groups excluding carboxylic acids is 1. The van der Waals surface area contributed by atoms with Gasteiger partial charge in [-0.05, 0) is 29.8 Å². The molecule has 0 aliphatic heterocycles. The maximum Gasteiger partial charge on any atom is 0.333 e. The lowest BCUT2D eigenvalue weighted by Crippen LogP contribution is -2.41. The van der Waals surface area contributed by atoms with E-state index in [9.17, 15) is 9.59 Å². The van der Waals surface area contributed by atoms with Crippen molar-refractivity contribution < 1.29 is 19.4 Å². The average Bonchev–Trinajstić information content (AvgIpc) is 2.54. The molecule has 2 amide bonds. The Kier molecular flexibility index (Phi) is 5.54. The fourth-order valence-electron chi connectivity index (χ4n) is 1.78.